The predicted molar refractivity (Wildman–Crippen MR) is 68.5 cm³/mol. The average Bonchev–Trinajstić information content (AvgIpc) is 2.78. The highest BCUT2D eigenvalue weighted by molar-refractivity contribution is 5.70. The lowest BCUT2D eigenvalue weighted by molar-refractivity contribution is -0.145. The van der Waals surface area contributed by atoms with Crippen LogP contribution in [-0.2, 0) is 16.6 Å². The first-order chi connectivity index (χ1) is 10.0. The molecule has 0 N–H and O–H groups in total. The maximum atomic E-state index is 13.7. The number of nitrogens with zero attached hydrogens (tertiary/aromatic N) is 3. The molecule has 0 aliphatic carbocycles. The second-order valence-corrected chi connectivity index (χ2v) is 4.03. The predicted octanol–water partition coefficient (Wildman–Crippen LogP) is 1.70. The van der Waals surface area contributed by atoms with Gasteiger partial charge in [0.1, 0.15) is 11.6 Å². The zero-order valence-corrected chi connectivity index (χ0v) is 11.5. The van der Waals surface area contributed by atoms with Gasteiger partial charge >= 0.3 is 12.0 Å². The fourth-order valence-electron chi connectivity index (χ4n) is 1.68. The molecule has 0 atom stereocenters. The monoisotopic (exact) mass is 297 g/mol. The van der Waals surface area contributed by atoms with E-state index in [2.05, 4.69) is 14.8 Å². The van der Waals surface area contributed by atoms with Crippen molar-refractivity contribution in [1.82, 2.24) is 14.8 Å². The Morgan fingerprint density at radius 1 is 1.33 bits per heavy atom. The fraction of sp³-hybridized carbons (Fsp3) is 0.308. The summed E-state index contributed by atoms with van der Waals surface area (Å²) in [6.45, 7) is 1.51. The Labute approximate surface area is 119 Å². The van der Waals surface area contributed by atoms with Gasteiger partial charge in [-0.25, -0.2) is 18.3 Å². The maximum absolute atomic E-state index is 13.7. The van der Waals surface area contributed by atoms with Gasteiger partial charge in [-0.1, -0.05) is 6.07 Å². The number of ether oxygens (including phenoxy) is 2. The van der Waals surface area contributed by atoms with Gasteiger partial charge in [-0.3, -0.25) is 0 Å². The van der Waals surface area contributed by atoms with Crippen molar-refractivity contribution >= 4 is 5.97 Å². The van der Waals surface area contributed by atoms with Crippen molar-refractivity contribution in [3.8, 4) is 17.4 Å². The SMILES string of the molecule is CCOC(=O)COc1nc(-c2c(F)cccc2F)n(C)n1. The summed E-state index contributed by atoms with van der Waals surface area (Å²) in [7, 11) is 1.46. The molecule has 112 valence electrons. The molecule has 0 saturated heterocycles. The molecule has 1 aromatic carbocycles. The molecule has 0 radical (unpaired) electrons. The molecular formula is C13H13F2N3O3. The highest BCUT2D eigenvalue weighted by Crippen LogP contribution is 2.25. The van der Waals surface area contributed by atoms with E-state index in [-0.39, 0.29) is 30.6 Å². The topological polar surface area (TPSA) is 66.2 Å². The first-order valence-corrected chi connectivity index (χ1v) is 6.16. The van der Waals surface area contributed by atoms with E-state index in [9.17, 15) is 13.6 Å². The van der Waals surface area contributed by atoms with Gasteiger partial charge in [-0.05, 0) is 19.1 Å². The van der Waals surface area contributed by atoms with Crippen LogP contribution in [0.2, 0.25) is 0 Å². The molecule has 0 bridgehead atoms. The highest BCUT2D eigenvalue weighted by atomic mass is 19.1. The lowest BCUT2D eigenvalue weighted by atomic mass is 10.2. The normalized spacial score (nSPS) is 10.5. The van der Waals surface area contributed by atoms with E-state index in [1.807, 2.05) is 0 Å². The van der Waals surface area contributed by atoms with Crippen LogP contribution in [0, 0.1) is 11.6 Å². The molecule has 0 fully saturated rings. The van der Waals surface area contributed by atoms with Gasteiger partial charge in [0, 0.05) is 7.05 Å². The summed E-state index contributed by atoms with van der Waals surface area (Å²) in [4.78, 5) is 15.0. The number of rotatable bonds is 5. The van der Waals surface area contributed by atoms with Crippen LogP contribution in [0.25, 0.3) is 11.4 Å². The second kappa shape index (κ2) is 6.29. The van der Waals surface area contributed by atoms with Gasteiger partial charge in [0.25, 0.3) is 0 Å². The first kappa shape index (κ1) is 14.9. The van der Waals surface area contributed by atoms with E-state index >= 15 is 0 Å². The van der Waals surface area contributed by atoms with Crippen LogP contribution in [0.1, 0.15) is 6.92 Å². The van der Waals surface area contributed by atoms with Crippen molar-refractivity contribution in [1.29, 1.82) is 0 Å². The number of esters is 1. The van der Waals surface area contributed by atoms with E-state index in [0.717, 1.165) is 12.1 Å². The quantitative estimate of drug-likeness (QED) is 0.786. The van der Waals surface area contributed by atoms with Gasteiger partial charge in [-0.15, -0.1) is 5.10 Å². The van der Waals surface area contributed by atoms with Crippen molar-refractivity contribution in [3.05, 3.63) is 29.8 Å². The van der Waals surface area contributed by atoms with Gasteiger partial charge in [0.15, 0.2) is 12.4 Å². The molecule has 0 unspecified atom stereocenters. The molecule has 0 amide bonds. The molecule has 1 heterocycles. The molecule has 2 aromatic rings. The van der Waals surface area contributed by atoms with Crippen LogP contribution < -0.4 is 4.74 Å². The molecular weight excluding hydrogens is 284 g/mol. The first-order valence-electron chi connectivity index (χ1n) is 6.16. The second-order valence-electron chi connectivity index (χ2n) is 4.03. The molecule has 0 spiro atoms. The van der Waals surface area contributed by atoms with Crippen molar-refractivity contribution in [3.63, 3.8) is 0 Å². The third kappa shape index (κ3) is 3.33. The summed E-state index contributed by atoms with van der Waals surface area (Å²) in [5.41, 5.74) is -0.307. The zero-order valence-electron chi connectivity index (χ0n) is 11.5. The highest BCUT2D eigenvalue weighted by Gasteiger charge is 2.19. The van der Waals surface area contributed by atoms with Gasteiger partial charge in [-0.2, -0.15) is 4.98 Å². The molecule has 21 heavy (non-hydrogen) atoms. The largest absolute Gasteiger partial charge is 0.463 e. The molecule has 6 nitrogen and oxygen atoms in total. The summed E-state index contributed by atoms with van der Waals surface area (Å²) in [6, 6.07) is 3.32. The molecule has 0 aliphatic heterocycles. The van der Waals surface area contributed by atoms with Crippen LogP contribution in [0.5, 0.6) is 6.01 Å². The Balaban J connectivity index is 2.22. The number of aryl methyl sites for hydroxylation is 1. The van der Waals surface area contributed by atoms with Gasteiger partial charge < -0.3 is 9.47 Å². The van der Waals surface area contributed by atoms with Gasteiger partial charge in [0.2, 0.25) is 0 Å². The Morgan fingerprint density at radius 3 is 2.62 bits per heavy atom. The molecule has 0 aliphatic rings. The third-order valence-electron chi connectivity index (χ3n) is 2.55. The van der Waals surface area contributed by atoms with Crippen molar-refractivity contribution in [2.75, 3.05) is 13.2 Å². The number of halogens is 2. The molecule has 8 heteroatoms. The zero-order chi connectivity index (χ0) is 15.4. The van der Waals surface area contributed by atoms with Crippen molar-refractivity contribution in [2.45, 2.75) is 6.92 Å². The van der Waals surface area contributed by atoms with Crippen molar-refractivity contribution < 1.29 is 23.0 Å². The standard InChI is InChI=1S/C13H13F2N3O3/c1-3-20-10(19)7-21-13-16-12(18(2)17-13)11-8(14)5-4-6-9(11)15/h4-6H,3,7H2,1-2H3. The fourth-order valence-corrected chi connectivity index (χ4v) is 1.68. The van der Waals surface area contributed by atoms with Crippen LogP contribution >= 0.6 is 0 Å². The summed E-state index contributed by atoms with van der Waals surface area (Å²) in [5, 5.41) is 3.84. The minimum Gasteiger partial charge on any atom is -0.463 e. The number of carbonyl (C=O) groups is 1. The number of hydrogen-bond donors (Lipinski definition) is 0. The van der Waals surface area contributed by atoms with E-state index in [1.54, 1.807) is 6.92 Å². The van der Waals surface area contributed by atoms with E-state index < -0.39 is 17.6 Å². The summed E-state index contributed by atoms with van der Waals surface area (Å²) in [6.07, 6.45) is 0. The van der Waals surface area contributed by atoms with Crippen LogP contribution in [0.4, 0.5) is 8.78 Å². The lowest BCUT2D eigenvalue weighted by Crippen LogP contribution is -2.15. The van der Waals surface area contributed by atoms with E-state index in [1.165, 1.54) is 17.8 Å². The summed E-state index contributed by atoms with van der Waals surface area (Å²) < 4.78 is 38.3. The smallest absolute Gasteiger partial charge is 0.344 e. The number of carbonyl (C=O) groups excluding carboxylic acids is 1. The van der Waals surface area contributed by atoms with Crippen LogP contribution in [-0.4, -0.2) is 33.9 Å². The Bertz CT molecular complexity index is 638. The Kier molecular flexibility index (Phi) is 4.46. The maximum Gasteiger partial charge on any atom is 0.344 e. The molecule has 0 saturated carbocycles. The molecule has 2 rings (SSSR count). The summed E-state index contributed by atoms with van der Waals surface area (Å²) >= 11 is 0. The van der Waals surface area contributed by atoms with E-state index in [0.29, 0.717) is 0 Å². The minimum absolute atomic E-state index is 0.0375. The molecule has 1 aromatic heterocycles. The van der Waals surface area contributed by atoms with Crippen LogP contribution in [0.3, 0.4) is 0 Å². The summed E-state index contributed by atoms with van der Waals surface area (Å²) in [5.74, 6) is -2.14. The van der Waals surface area contributed by atoms with Crippen LogP contribution in [0.15, 0.2) is 18.2 Å². The minimum atomic E-state index is -0.762. The third-order valence-corrected chi connectivity index (χ3v) is 2.55. The Morgan fingerprint density at radius 2 is 2.00 bits per heavy atom. The average molecular weight is 297 g/mol. The Hall–Kier alpha value is -2.51. The lowest BCUT2D eigenvalue weighted by Gasteiger charge is -2.02. The number of benzene rings is 1. The van der Waals surface area contributed by atoms with E-state index in [4.69, 9.17) is 4.74 Å². The number of aromatic nitrogens is 3. The van der Waals surface area contributed by atoms with Crippen molar-refractivity contribution in [2.24, 2.45) is 7.05 Å². The van der Waals surface area contributed by atoms with Gasteiger partial charge in [0.05, 0.1) is 12.2 Å². The number of hydrogen-bond acceptors (Lipinski definition) is 5.